The zero-order valence-electron chi connectivity index (χ0n) is 25.6. The topological polar surface area (TPSA) is 0 Å². The first kappa shape index (κ1) is 34.4. The molecule has 1 aliphatic carbocycles. The molecule has 1 aliphatic rings. The number of rotatable bonds is 22. The summed E-state index contributed by atoms with van der Waals surface area (Å²) in [6, 6.07) is 0. The first-order valence-corrected chi connectivity index (χ1v) is 31.9. The molecule has 0 aromatic heterocycles. The zero-order chi connectivity index (χ0) is 26.0. The number of allylic oxidation sites excluding steroid dienone is 1. The van der Waals surface area contributed by atoms with Gasteiger partial charge in [-0.2, -0.15) is 0 Å². The summed E-state index contributed by atoms with van der Waals surface area (Å²) in [5.74, 6) is 1.04. The molecule has 0 saturated heterocycles. The van der Waals surface area contributed by atoms with E-state index in [9.17, 15) is 0 Å². The van der Waals surface area contributed by atoms with Gasteiger partial charge in [0.2, 0.25) is 0 Å². The Morgan fingerprint density at radius 2 is 0.914 bits per heavy atom. The van der Waals surface area contributed by atoms with Crippen LogP contribution in [0.3, 0.4) is 0 Å². The van der Waals surface area contributed by atoms with Crippen LogP contribution < -0.4 is 0 Å². The SMILES string of the molecule is C=[C]([CH](C1CCCCC1)[Sn]([CH2]CCC)([CH2]CCC)[CH2]CCC)[Sn]([CH2]CCC)([CH2]CCC)[CH2]CCC. The van der Waals surface area contributed by atoms with E-state index in [2.05, 4.69) is 45.1 Å². The molecule has 0 amide bonds. The number of unbranched alkanes of at least 4 members (excludes halogenated alkanes) is 6. The van der Waals surface area contributed by atoms with Crippen LogP contribution in [0.5, 0.6) is 0 Å². The first-order chi connectivity index (χ1) is 17.0. The molecule has 1 rings (SSSR count). The molecule has 0 bridgehead atoms. The van der Waals surface area contributed by atoms with Crippen LogP contribution >= 0.6 is 0 Å². The van der Waals surface area contributed by atoms with E-state index in [-0.39, 0.29) is 0 Å². The van der Waals surface area contributed by atoms with Crippen LogP contribution in [-0.2, 0) is 0 Å². The van der Waals surface area contributed by atoms with E-state index in [0.29, 0.717) is 0 Å². The molecule has 2 heteroatoms. The fourth-order valence-electron chi connectivity index (χ4n) is 7.78. The van der Waals surface area contributed by atoms with Gasteiger partial charge in [0.05, 0.1) is 0 Å². The monoisotopic (exact) mass is 704 g/mol. The van der Waals surface area contributed by atoms with Gasteiger partial charge in [0.1, 0.15) is 0 Å². The summed E-state index contributed by atoms with van der Waals surface area (Å²) in [5.41, 5.74) is 0. The average Bonchev–Trinajstić information content (AvgIpc) is 2.89. The molecule has 0 nitrogen and oxygen atoms in total. The number of hydrogen-bond donors (Lipinski definition) is 0. The van der Waals surface area contributed by atoms with Gasteiger partial charge in [0, 0.05) is 0 Å². The van der Waals surface area contributed by atoms with Gasteiger partial charge in [-0.05, 0) is 0 Å². The maximum absolute atomic E-state index is 5.40. The summed E-state index contributed by atoms with van der Waals surface area (Å²) >= 11 is -4.88. The minimum absolute atomic E-state index is 1.04. The van der Waals surface area contributed by atoms with Crippen LogP contribution in [0.15, 0.2) is 10.2 Å². The summed E-state index contributed by atoms with van der Waals surface area (Å²) < 4.78 is 13.2. The van der Waals surface area contributed by atoms with Crippen LogP contribution in [0.25, 0.3) is 0 Å². The van der Waals surface area contributed by atoms with E-state index >= 15 is 0 Å². The van der Waals surface area contributed by atoms with Crippen molar-refractivity contribution in [3.63, 3.8) is 0 Å². The molecule has 1 saturated carbocycles. The average molecular weight is 702 g/mol. The van der Waals surface area contributed by atoms with Gasteiger partial charge in [-0.15, -0.1) is 0 Å². The van der Waals surface area contributed by atoms with Gasteiger partial charge in [-0.3, -0.25) is 0 Å². The predicted molar refractivity (Wildman–Crippen MR) is 169 cm³/mol. The molecule has 0 heterocycles. The standard InChI is InChI=1S/C9H14.6C4H9.2Sn/c1-2-6-9-7-4-3-5-8-9;6*1-3-4-2;;/h6,9H,1,3-5,7-8H2;6*1,3-4H2,2H3;;. The molecule has 0 aromatic carbocycles. The summed E-state index contributed by atoms with van der Waals surface area (Å²) in [7, 11) is 0. The van der Waals surface area contributed by atoms with E-state index in [1.54, 1.807) is 39.5 Å². The van der Waals surface area contributed by atoms with Crippen LogP contribution in [0.4, 0.5) is 0 Å². The van der Waals surface area contributed by atoms with Gasteiger partial charge in [0.15, 0.2) is 0 Å². The molecule has 0 radical (unpaired) electrons. The summed E-state index contributed by atoms with van der Waals surface area (Å²) in [4.78, 5) is 0. The molecule has 1 fully saturated rings. The molecule has 0 spiro atoms. The molecule has 0 aromatic rings. The Labute approximate surface area is 232 Å². The van der Waals surface area contributed by atoms with Crippen molar-refractivity contribution < 1.29 is 0 Å². The summed E-state index contributed by atoms with van der Waals surface area (Å²) in [6.45, 7) is 20.1. The molecule has 0 aliphatic heterocycles. The third-order valence-electron chi connectivity index (χ3n) is 9.95. The van der Waals surface area contributed by atoms with Crippen LogP contribution in [0, 0.1) is 5.92 Å². The van der Waals surface area contributed by atoms with Crippen molar-refractivity contribution in [2.45, 2.75) is 181 Å². The van der Waals surface area contributed by atoms with Gasteiger partial charge in [-0.25, -0.2) is 0 Å². The first-order valence-electron chi connectivity index (χ1n) is 16.7. The summed E-state index contributed by atoms with van der Waals surface area (Å²) in [6.07, 6.45) is 25.2. The van der Waals surface area contributed by atoms with E-state index in [4.69, 9.17) is 6.58 Å². The van der Waals surface area contributed by atoms with E-state index < -0.39 is 36.8 Å². The Kier molecular flexibility index (Phi) is 19.9. The maximum atomic E-state index is 5.40. The summed E-state index contributed by atoms with van der Waals surface area (Å²) in [5, 5.41) is 0. The van der Waals surface area contributed by atoms with Crippen molar-refractivity contribution in [3.8, 4) is 0 Å². The Morgan fingerprint density at radius 3 is 1.26 bits per heavy atom. The third kappa shape index (κ3) is 11.2. The molecule has 0 N–H and O–H groups in total. The second-order valence-electron chi connectivity index (χ2n) is 12.7. The Morgan fingerprint density at radius 1 is 0.571 bits per heavy atom. The quantitative estimate of drug-likeness (QED) is 0.0986. The van der Waals surface area contributed by atoms with Gasteiger partial charge >= 0.3 is 234 Å². The second kappa shape index (κ2) is 20.3. The Bertz CT molecular complexity index is 476. The van der Waals surface area contributed by atoms with Crippen molar-refractivity contribution in [3.05, 3.63) is 10.2 Å². The Hall–Kier alpha value is 1.34. The Balaban J connectivity index is 3.64. The van der Waals surface area contributed by atoms with Crippen molar-refractivity contribution in [2.75, 3.05) is 0 Å². The van der Waals surface area contributed by atoms with Crippen molar-refractivity contribution in [1.82, 2.24) is 0 Å². The number of hydrogen-bond acceptors (Lipinski definition) is 0. The molecular weight excluding hydrogens is 634 g/mol. The molecule has 1 atom stereocenters. The van der Waals surface area contributed by atoms with E-state index in [0.717, 1.165) is 9.85 Å². The van der Waals surface area contributed by atoms with Crippen molar-refractivity contribution >= 4 is 36.8 Å². The van der Waals surface area contributed by atoms with Crippen LogP contribution in [-0.4, -0.2) is 36.8 Å². The molecular formula is C33H68Sn2. The van der Waals surface area contributed by atoms with E-state index in [1.165, 1.54) is 96.3 Å². The fourth-order valence-corrected chi connectivity index (χ4v) is 55.5. The fraction of sp³-hybridized carbons (Fsp3) is 0.939. The predicted octanol–water partition coefficient (Wildman–Crippen LogP) is 12.7. The van der Waals surface area contributed by atoms with Crippen molar-refractivity contribution in [1.29, 1.82) is 0 Å². The minimum atomic E-state index is -2.46. The molecule has 1 unspecified atom stereocenters. The van der Waals surface area contributed by atoms with Gasteiger partial charge < -0.3 is 0 Å². The third-order valence-corrected chi connectivity index (χ3v) is 46.0. The van der Waals surface area contributed by atoms with Crippen molar-refractivity contribution in [2.24, 2.45) is 5.92 Å². The van der Waals surface area contributed by atoms with Gasteiger partial charge in [0.25, 0.3) is 0 Å². The van der Waals surface area contributed by atoms with E-state index in [1.807, 2.05) is 0 Å². The normalized spacial score (nSPS) is 16.5. The van der Waals surface area contributed by atoms with Crippen LogP contribution in [0.2, 0.25) is 30.6 Å². The zero-order valence-corrected chi connectivity index (χ0v) is 31.3. The molecule has 35 heavy (non-hydrogen) atoms. The van der Waals surface area contributed by atoms with Crippen LogP contribution in [0.1, 0.15) is 151 Å². The molecule has 208 valence electrons. The second-order valence-corrected chi connectivity index (χ2v) is 39.9. The van der Waals surface area contributed by atoms with Gasteiger partial charge in [-0.1, -0.05) is 0 Å².